The number of aryl methyl sites for hydroxylation is 2. The molecule has 0 fully saturated rings. The predicted molar refractivity (Wildman–Crippen MR) is 92.4 cm³/mol. The molecule has 0 spiro atoms. The number of fused-ring (bicyclic) bond motifs is 3. The third kappa shape index (κ3) is 2.16. The van der Waals surface area contributed by atoms with Crippen LogP contribution < -0.4 is 0 Å². The minimum absolute atomic E-state index is 0.334. The lowest BCUT2D eigenvalue weighted by atomic mass is 10.2. The van der Waals surface area contributed by atoms with Crippen molar-refractivity contribution in [2.24, 2.45) is 0 Å². The van der Waals surface area contributed by atoms with E-state index in [4.69, 9.17) is 9.72 Å². The van der Waals surface area contributed by atoms with Crippen molar-refractivity contribution in [1.29, 1.82) is 0 Å². The first kappa shape index (κ1) is 14.8. The van der Waals surface area contributed by atoms with Crippen LogP contribution in [0.1, 0.15) is 21.7 Å². The highest BCUT2D eigenvalue weighted by Gasteiger charge is 2.20. The van der Waals surface area contributed by atoms with Crippen molar-refractivity contribution in [1.82, 2.24) is 19.6 Å². The number of carbonyl (C=O) groups is 1. The topological polar surface area (TPSA) is 69.4 Å². The molecule has 0 bridgehead atoms. The number of carbonyl (C=O) groups excluding carboxylic acids is 1. The van der Waals surface area contributed by atoms with E-state index in [0.717, 1.165) is 27.2 Å². The first-order valence-corrected chi connectivity index (χ1v) is 8.26. The van der Waals surface area contributed by atoms with Gasteiger partial charge in [0.05, 0.1) is 23.1 Å². The molecule has 4 rings (SSSR count). The number of thiophene rings is 1. The molecule has 0 aliphatic rings. The van der Waals surface area contributed by atoms with Crippen molar-refractivity contribution in [2.45, 2.75) is 13.8 Å². The van der Waals surface area contributed by atoms with E-state index in [-0.39, 0.29) is 0 Å². The van der Waals surface area contributed by atoms with E-state index in [0.29, 0.717) is 17.0 Å². The summed E-state index contributed by atoms with van der Waals surface area (Å²) in [5, 5.41) is 7.30. The molecule has 0 saturated carbocycles. The van der Waals surface area contributed by atoms with Gasteiger partial charge in [0.25, 0.3) is 0 Å². The summed E-state index contributed by atoms with van der Waals surface area (Å²) in [7, 11) is 1.36. The van der Waals surface area contributed by atoms with Crippen molar-refractivity contribution in [3.63, 3.8) is 0 Å². The zero-order valence-electron chi connectivity index (χ0n) is 13.4. The van der Waals surface area contributed by atoms with Gasteiger partial charge in [-0.3, -0.25) is 0 Å². The van der Waals surface area contributed by atoms with E-state index < -0.39 is 5.97 Å². The summed E-state index contributed by atoms with van der Waals surface area (Å²) >= 11 is 1.57. The van der Waals surface area contributed by atoms with Crippen LogP contribution in [0.4, 0.5) is 0 Å². The van der Waals surface area contributed by atoms with Gasteiger partial charge in [0.15, 0.2) is 17.0 Å². The van der Waals surface area contributed by atoms with Crippen LogP contribution in [0.3, 0.4) is 0 Å². The zero-order chi connectivity index (χ0) is 16.8. The molecule has 24 heavy (non-hydrogen) atoms. The molecule has 6 nitrogen and oxygen atoms in total. The quantitative estimate of drug-likeness (QED) is 0.524. The third-order valence-electron chi connectivity index (χ3n) is 3.84. The van der Waals surface area contributed by atoms with Crippen LogP contribution in [0.15, 0.2) is 29.6 Å². The Morgan fingerprint density at radius 3 is 2.79 bits per heavy atom. The maximum atomic E-state index is 12.3. The maximum Gasteiger partial charge on any atom is 0.356 e. The molecular formula is C17H14N4O2S. The fourth-order valence-corrected chi connectivity index (χ4v) is 3.51. The lowest BCUT2D eigenvalue weighted by molar-refractivity contribution is 0.0591. The largest absolute Gasteiger partial charge is 0.464 e. The maximum absolute atomic E-state index is 12.3. The fourth-order valence-electron chi connectivity index (χ4n) is 2.82. The van der Waals surface area contributed by atoms with Gasteiger partial charge in [0.2, 0.25) is 0 Å². The summed E-state index contributed by atoms with van der Waals surface area (Å²) in [6.07, 6.45) is 0. The Balaban J connectivity index is 2.15. The van der Waals surface area contributed by atoms with Gasteiger partial charge in [-0.15, -0.1) is 16.4 Å². The van der Waals surface area contributed by atoms with Crippen LogP contribution in [0.5, 0.6) is 0 Å². The standard InChI is InChI=1S/C17H14N4O2S/c1-9-7-10(2)18-15-14(9)16-19-11(13-5-4-6-24-13)8-12(17(22)23-3)21(16)20-15/h4-8H,1-3H3. The summed E-state index contributed by atoms with van der Waals surface area (Å²) in [6.45, 7) is 3.91. The number of nitrogens with zero attached hydrogens (tertiary/aromatic N) is 4. The molecule has 4 heterocycles. The van der Waals surface area contributed by atoms with Crippen LogP contribution in [0.25, 0.3) is 27.3 Å². The number of ether oxygens (including phenoxy) is 1. The number of aromatic nitrogens is 4. The predicted octanol–water partition coefficient (Wildman–Crippen LogP) is 3.41. The first-order chi connectivity index (χ1) is 11.6. The second kappa shape index (κ2) is 5.38. The first-order valence-electron chi connectivity index (χ1n) is 7.38. The molecule has 4 aromatic rings. The minimum Gasteiger partial charge on any atom is -0.464 e. The van der Waals surface area contributed by atoms with Crippen LogP contribution in [-0.2, 0) is 4.74 Å². The second-order valence-electron chi connectivity index (χ2n) is 5.51. The van der Waals surface area contributed by atoms with Crippen molar-refractivity contribution in [3.8, 4) is 10.6 Å². The fraction of sp³-hybridized carbons (Fsp3) is 0.176. The average molecular weight is 338 g/mol. The van der Waals surface area contributed by atoms with Gasteiger partial charge in [-0.25, -0.2) is 19.3 Å². The molecule has 0 aromatic carbocycles. The highest BCUT2D eigenvalue weighted by atomic mass is 32.1. The zero-order valence-corrected chi connectivity index (χ0v) is 14.2. The average Bonchev–Trinajstić information content (AvgIpc) is 3.19. The van der Waals surface area contributed by atoms with Crippen LogP contribution in [0.2, 0.25) is 0 Å². The highest BCUT2D eigenvalue weighted by molar-refractivity contribution is 7.13. The van der Waals surface area contributed by atoms with Gasteiger partial charge in [-0.2, -0.15) is 0 Å². The normalized spacial score (nSPS) is 11.3. The highest BCUT2D eigenvalue weighted by Crippen LogP contribution is 2.28. The van der Waals surface area contributed by atoms with Gasteiger partial charge in [-0.05, 0) is 43.0 Å². The molecule has 0 atom stereocenters. The summed E-state index contributed by atoms with van der Waals surface area (Å²) in [6, 6.07) is 7.62. The van der Waals surface area contributed by atoms with Gasteiger partial charge >= 0.3 is 5.97 Å². The van der Waals surface area contributed by atoms with E-state index in [1.807, 2.05) is 37.4 Å². The summed E-state index contributed by atoms with van der Waals surface area (Å²) < 4.78 is 6.44. The van der Waals surface area contributed by atoms with E-state index in [1.165, 1.54) is 11.6 Å². The van der Waals surface area contributed by atoms with E-state index in [2.05, 4.69) is 10.1 Å². The number of rotatable bonds is 2. The van der Waals surface area contributed by atoms with Crippen LogP contribution >= 0.6 is 11.3 Å². The molecule has 7 heteroatoms. The summed E-state index contributed by atoms with van der Waals surface area (Å²) in [5.74, 6) is -0.456. The number of hydrogen-bond donors (Lipinski definition) is 0. The van der Waals surface area contributed by atoms with Crippen molar-refractivity contribution in [3.05, 3.63) is 46.6 Å². The molecule has 0 aliphatic carbocycles. The summed E-state index contributed by atoms with van der Waals surface area (Å²) in [5.41, 5.74) is 4.15. The van der Waals surface area contributed by atoms with E-state index >= 15 is 0 Å². The van der Waals surface area contributed by atoms with Crippen LogP contribution in [0, 0.1) is 13.8 Å². The number of pyridine rings is 1. The van der Waals surface area contributed by atoms with E-state index in [1.54, 1.807) is 17.4 Å². The van der Waals surface area contributed by atoms with E-state index in [9.17, 15) is 4.79 Å². The molecule has 120 valence electrons. The Morgan fingerprint density at radius 1 is 1.25 bits per heavy atom. The monoisotopic (exact) mass is 338 g/mol. The molecule has 0 unspecified atom stereocenters. The Hall–Kier alpha value is -2.80. The van der Waals surface area contributed by atoms with Gasteiger partial charge in [0, 0.05) is 5.69 Å². The Bertz CT molecular complexity index is 1080. The van der Waals surface area contributed by atoms with Crippen molar-refractivity contribution in [2.75, 3.05) is 7.11 Å². The molecule has 0 aliphatic heterocycles. The van der Waals surface area contributed by atoms with Gasteiger partial charge in [0.1, 0.15) is 0 Å². The summed E-state index contributed by atoms with van der Waals surface area (Å²) in [4.78, 5) is 22.4. The smallest absolute Gasteiger partial charge is 0.356 e. The second-order valence-corrected chi connectivity index (χ2v) is 6.46. The number of esters is 1. The number of hydrogen-bond acceptors (Lipinski definition) is 6. The van der Waals surface area contributed by atoms with Crippen molar-refractivity contribution >= 4 is 34.0 Å². The Labute approximate surface area is 141 Å². The SMILES string of the molecule is COC(=O)c1cc(-c2cccs2)nc2c3c(C)cc(C)nc3nn12. The third-order valence-corrected chi connectivity index (χ3v) is 4.73. The Morgan fingerprint density at radius 2 is 2.08 bits per heavy atom. The minimum atomic E-state index is -0.456. The molecule has 0 N–H and O–H groups in total. The molecular weight excluding hydrogens is 324 g/mol. The number of methoxy groups -OCH3 is 1. The van der Waals surface area contributed by atoms with Gasteiger partial charge in [-0.1, -0.05) is 6.07 Å². The molecule has 0 radical (unpaired) electrons. The van der Waals surface area contributed by atoms with Gasteiger partial charge < -0.3 is 4.74 Å². The lowest BCUT2D eigenvalue weighted by Crippen LogP contribution is -2.10. The molecule has 0 saturated heterocycles. The molecule has 0 amide bonds. The van der Waals surface area contributed by atoms with Crippen LogP contribution in [-0.4, -0.2) is 32.7 Å². The van der Waals surface area contributed by atoms with Crippen molar-refractivity contribution < 1.29 is 9.53 Å². The Kier molecular flexibility index (Phi) is 3.31. The lowest BCUT2D eigenvalue weighted by Gasteiger charge is -2.05. The molecule has 4 aromatic heterocycles.